The van der Waals surface area contributed by atoms with E-state index in [9.17, 15) is 14.9 Å². The lowest BCUT2D eigenvalue weighted by Crippen LogP contribution is -2.24. The smallest absolute Gasteiger partial charge is 0.277 e. The summed E-state index contributed by atoms with van der Waals surface area (Å²) in [5.74, 6) is -0.120. The Hall–Kier alpha value is -3.20. The van der Waals surface area contributed by atoms with Crippen molar-refractivity contribution in [2.24, 2.45) is 12.1 Å². The van der Waals surface area contributed by atoms with E-state index in [0.717, 1.165) is 16.5 Å². The zero-order chi connectivity index (χ0) is 19.4. The lowest BCUT2D eigenvalue weighted by atomic mass is 10.2. The number of carbonyl (C=O) groups excluding carboxylic acids is 1. The second-order valence-electron chi connectivity index (χ2n) is 5.67. The first kappa shape index (κ1) is 18.6. The first-order valence-electron chi connectivity index (χ1n) is 7.88. The Labute approximate surface area is 162 Å². The molecular formula is C18H15BrN4O4. The number of para-hydroxylation sites is 1. The summed E-state index contributed by atoms with van der Waals surface area (Å²) in [6.07, 6.45) is 3.49. The summed E-state index contributed by atoms with van der Waals surface area (Å²) in [5, 5.41) is 15.7. The van der Waals surface area contributed by atoms with Crippen molar-refractivity contribution in [2.45, 2.75) is 0 Å². The molecule has 0 saturated heterocycles. The number of nitro benzene ring substituents is 1. The number of aryl methyl sites for hydroxylation is 1. The summed E-state index contributed by atoms with van der Waals surface area (Å²) < 4.78 is 7.72. The number of halogens is 1. The summed E-state index contributed by atoms with van der Waals surface area (Å²) in [6, 6.07) is 11.9. The van der Waals surface area contributed by atoms with Gasteiger partial charge in [0.25, 0.3) is 11.6 Å². The number of nitro groups is 1. The van der Waals surface area contributed by atoms with Crippen LogP contribution >= 0.6 is 15.9 Å². The van der Waals surface area contributed by atoms with E-state index in [4.69, 9.17) is 4.74 Å². The fourth-order valence-corrected chi connectivity index (χ4v) is 3.03. The van der Waals surface area contributed by atoms with E-state index in [1.807, 2.05) is 42.1 Å². The normalized spacial score (nSPS) is 11.0. The molecule has 2 aromatic carbocycles. The lowest BCUT2D eigenvalue weighted by Gasteiger charge is -2.06. The number of benzene rings is 2. The molecule has 0 bridgehead atoms. The molecule has 1 amide bonds. The zero-order valence-electron chi connectivity index (χ0n) is 14.3. The van der Waals surface area contributed by atoms with Crippen molar-refractivity contribution < 1.29 is 14.5 Å². The van der Waals surface area contributed by atoms with Crippen LogP contribution in [0.3, 0.4) is 0 Å². The van der Waals surface area contributed by atoms with Crippen molar-refractivity contribution in [3.8, 4) is 5.75 Å². The van der Waals surface area contributed by atoms with Crippen molar-refractivity contribution in [1.29, 1.82) is 0 Å². The Kier molecular flexibility index (Phi) is 5.51. The average molecular weight is 431 g/mol. The van der Waals surface area contributed by atoms with E-state index in [-0.39, 0.29) is 12.3 Å². The molecule has 1 heterocycles. The minimum atomic E-state index is -0.511. The zero-order valence-corrected chi connectivity index (χ0v) is 15.8. The predicted molar refractivity (Wildman–Crippen MR) is 105 cm³/mol. The van der Waals surface area contributed by atoms with Gasteiger partial charge < -0.3 is 9.30 Å². The van der Waals surface area contributed by atoms with Crippen molar-refractivity contribution in [2.75, 3.05) is 6.61 Å². The van der Waals surface area contributed by atoms with Crippen molar-refractivity contribution >= 4 is 44.6 Å². The SMILES string of the molecule is Cn1cc(/C=N\NC(=O)COc2ccc([N+](=O)[O-])cc2Br)c2ccccc21. The first-order chi connectivity index (χ1) is 13.0. The topological polar surface area (TPSA) is 98.8 Å². The molecule has 0 aliphatic carbocycles. The summed E-state index contributed by atoms with van der Waals surface area (Å²) in [6.45, 7) is -0.275. The molecule has 0 spiro atoms. The van der Waals surface area contributed by atoms with E-state index in [1.54, 1.807) is 6.21 Å². The minimum absolute atomic E-state index is 0.0710. The molecule has 8 nitrogen and oxygen atoms in total. The number of hydrazone groups is 1. The van der Waals surface area contributed by atoms with Gasteiger partial charge in [-0.3, -0.25) is 14.9 Å². The number of nitrogens with zero attached hydrogens (tertiary/aromatic N) is 3. The number of rotatable bonds is 6. The third-order valence-corrected chi connectivity index (χ3v) is 4.43. The van der Waals surface area contributed by atoms with Gasteiger partial charge in [0.1, 0.15) is 5.75 Å². The summed E-state index contributed by atoms with van der Waals surface area (Å²) >= 11 is 3.18. The maximum Gasteiger partial charge on any atom is 0.277 e. The van der Waals surface area contributed by atoms with Gasteiger partial charge in [-0.1, -0.05) is 18.2 Å². The first-order valence-corrected chi connectivity index (χ1v) is 8.67. The summed E-state index contributed by atoms with van der Waals surface area (Å²) in [7, 11) is 1.94. The highest BCUT2D eigenvalue weighted by atomic mass is 79.9. The van der Waals surface area contributed by atoms with Gasteiger partial charge in [0.05, 0.1) is 15.6 Å². The van der Waals surface area contributed by atoms with E-state index < -0.39 is 10.8 Å². The molecule has 0 fully saturated rings. The molecule has 3 rings (SSSR count). The number of ether oxygens (including phenoxy) is 1. The van der Waals surface area contributed by atoms with Crippen molar-refractivity contribution in [3.63, 3.8) is 0 Å². The number of aromatic nitrogens is 1. The monoisotopic (exact) mass is 430 g/mol. The van der Waals surface area contributed by atoms with Gasteiger partial charge in [-0.2, -0.15) is 5.10 Å². The van der Waals surface area contributed by atoms with E-state index in [1.165, 1.54) is 18.2 Å². The minimum Gasteiger partial charge on any atom is -0.483 e. The molecule has 0 radical (unpaired) electrons. The molecule has 1 N–H and O–H groups in total. The van der Waals surface area contributed by atoms with Gasteiger partial charge in [-0.05, 0) is 28.1 Å². The fraction of sp³-hybridized carbons (Fsp3) is 0.111. The summed E-state index contributed by atoms with van der Waals surface area (Å²) in [4.78, 5) is 22.1. The molecule has 0 aliphatic heterocycles. The molecule has 3 aromatic rings. The third-order valence-electron chi connectivity index (χ3n) is 3.81. The largest absolute Gasteiger partial charge is 0.483 e. The van der Waals surface area contributed by atoms with Crippen LogP contribution in [0.4, 0.5) is 5.69 Å². The quantitative estimate of drug-likeness (QED) is 0.368. The summed E-state index contributed by atoms with van der Waals surface area (Å²) in [5.41, 5.74) is 4.27. The van der Waals surface area contributed by atoms with Crippen LogP contribution in [0.25, 0.3) is 10.9 Å². The third kappa shape index (κ3) is 4.32. The van der Waals surface area contributed by atoms with E-state index in [2.05, 4.69) is 26.5 Å². The fourth-order valence-electron chi connectivity index (χ4n) is 2.55. The van der Waals surface area contributed by atoms with Crippen LogP contribution in [0, 0.1) is 10.1 Å². The van der Waals surface area contributed by atoms with E-state index >= 15 is 0 Å². The lowest BCUT2D eigenvalue weighted by molar-refractivity contribution is -0.384. The molecule has 27 heavy (non-hydrogen) atoms. The Bertz CT molecular complexity index is 1050. The van der Waals surface area contributed by atoms with Crippen LogP contribution in [-0.2, 0) is 11.8 Å². The van der Waals surface area contributed by atoms with Crippen LogP contribution in [0.1, 0.15) is 5.56 Å². The Morgan fingerprint density at radius 1 is 1.37 bits per heavy atom. The Morgan fingerprint density at radius 2 is 2.15 bits per heavy atom. The molecule has 0 aliphatic rings. The van der Waals surface area contributed by atoms with Crippen LogP contribution in [0.5, 0.6) is 5.75 Å². The number of amides is 1. The van der Waals surface area contributed by atoms with Crippen LogP contribution in [-0.4, -0.2) is 28.2 Å². The molecule has 138 valence electrons. The number of carbonyl (C=O) groups is 1. The molecule has 0 unspecified atom stereocenters. The van der Waals surface area contributed by atoms with E-state index in [0.29, 0.717) is 10.2 Å². The maximum atomic E-state index is 11.9. The van der Waals surface area contributed by atoms with Gasteiger partial charge in [0.15, 0.2) is 6.61 Å². The van der Waals surface area contributed by atoms with Crippen molar-refractivity contribution in [1.82, 2.24) is 9.99 Å². The molecule has 0 saturated carbocycles. The van der Waals surface area contributed by atoms with Gasteiger partial charge in [0.2, 0.25) is 0 Å². The predicted octanol–water partition coefficient (Wildman–Crippen LogP) is 3.38. The van der Waals surface area contributed by atoms with Gasteiger partial charge in [-0.25, -0.2) is 5.43 Å². The van der Waals surface area contributed by atoms with Gasteiger partial charge >= 0.3 is 0 Å². The second kappa shape index (κ2) is 8.00. The number of hydrogen-bond acceptors (Lipinski definition) is 5. The highest BCUT2D eigenvalue weighted by Gasteiger charge is 2.11. The maximum absolute atomic E-state index is 11.9. The highest BCUT2D eigenvalue weighted by Crippen LogP contribution is 2.29. The number of fused-ring (bicyclic) bond motifs is 1. The van der Waals surface area contributed by atoms with Crippen LogP contribution in [0.15, 0.2) is 58.2 Å². The van der Waals surface area contributed by atoms with Crippen LogP contribution < -0.4 is 10.2 Å². The molecule has 1 aromatic heterocycles. The standard InChI is InChI=1S/C18H15BrN4O4/c1-22-10-12(14-4-2-3-5-16(14)22)9-20-21-18(24)11-27-17-7-6-13(23(25)26)8-15(17)19/h2-10H,11H2,1H3,(H,21,24)/b20-9-. The number of nitrogens with one attached hydrogen (secondary N) is 1. The molecular weight excluding hydrogens is 416 g/mol. The molecule has 0 atom stereocenters. The number of hydrogen-bond donors (Lipinski definition) is 1. The van der Waals surface area contributed by atoms with Gasteiger partial charge in [0, 0.05) is 41.8 Å². The number of non-ortho nitro benzene ring substituents is 1. The Morgan fingerprint density at radius 3 is 2.89 bits per heavy atom. The Balaban J connectivity index is 1.58. The van der Waals surface area contributed by atoms with Gasteiger partial charge in [-0.15, -0.1) is 0 Å². The molecule has 9 heteroatoms. The average Bonchev–Trinajstić information content (AvgIpc) is 2.97. The van der Waals surface area contributed by atoms with Crippen molar-refractivity contribution in [3.05, 3.63) is 68.8 Å². The van der Waals surface area contributed by atoms with Crippen LogP contribution in [0.2, 0.25) is 0 Å². The second-order valence-corrected chi connectivity index (χ2v) is 6.52. The highest BCUT2D eigenvalue weighted by molar-refractivity contribution is 9.10.